The van der Waals surface area contributed by atoms with Crippen molar-refractivity contribution in [3.8, 4) is 0 Å². The van der Waals surface area contributed by atoms with Crippen molar-refractivity contribution in [3.63, 3.8) is 0 Å². The first-order valence-electron chi connectivity index (χ1n) is 11.0. The summed E-state index contributed by atoms with van der Waals surface area (Å²) in [5, 5.41) is 5.10. The van der Waals surface area contributed by atoms with Crippen molar-refractivity contribution in [1.29, 1.82) is 0 Å². The molecule has 168 valence electrons. The van der Waals surface area contributed by atoms with Crippen molar-refractivity contribution in [2.75, 3.05) is 18.1 Å². The van der Waals surface area contributed by atoms with Gasteiger partial charge in [0.05, 0.1) is 6.61 Å². The van der Waals surface area contributed by atoms with Crippen LogP contribution in [0, 0.1) is 11.3 Å². The minimum absolute atomic E-state index is 0.0896. The molecule has 0 radical (unpaired) electrons. The van der Waals surface area contributed by atoms with Gasteiger partial charge in [0, 0.05) is 17.8 Å². The normalized spacial score (nSPS) is 18.5. The van der Waals surface area contributed by atoms with Gasteiger partial charge in [-0.05, 0) is 22.7 Å². The first-order chi connectivity index (χ1) is 15.4. The number of aromatic nitrogens is 1. The Kier molecular flexibility index (Phi) is 6.78. The quantitative estimate of drug-likeness (QED) is 0.393. The number of ether oxygens (including phenoxy) is 1. The predicted octanol–water partition coefficient (Wildman–Crippen LogP) is 3.68. The van der Waals surface area contributed by atoms with E-state index in [0.29, 0.717) is 18.2 Å². The van der Waals surface area contributed by atoms with Crippen LogP contribution in [0.3, 0.4) is 0 Å². The van der Waals surface area contributed by atoms with E-state index in [-0.39, 0.29) is 17.6 Å². The fourth-order valence-corrected chi connectivity index (χ4v) is 7.27. The largest absolute Gasteiger partial charge is 0.461 e. The van der Waals surface area contributed by atoms with Gasteiger partial charge in [-0.15, -0.1) is 11.3 Å². The van der Waals surface area contributed by atoms with Gasteiger partial charge in [-0.25, -0.2) is 9.78 Å². The van der Waals surface area contributed by atoms with Crippen LogP contribution in [0.15, 0.2) is 66.0 Å². The summed E-state index contributed by atoms with van der Waals surface area (Å²) >= 11 is 1.47. The molecular weight excluding hydrogens is 436 g/mol. The summed E-state index contributed by atoms with van der Waals surface area (Å²) in [5.74, 6) is -0.0129. The number of carbonyl (C=O) groups excluding carboxylic acids is 1. The summed E-state index contributed by atoms with van der Waals surface area (Å²) in [4.78, 5) is 18.9. The first-order valence-corrected chi connectivity index (χ1v) is 13.5. The van der Waals surface area contributed by atoms with Gasteiger partial charge in [0.15, 0.2) is 10.8 Å². The van der Waals surface area contributed by atoms with Gasteiger partial charge < -0.3 is 14.1 Å². The highest BCUT2D eigenvalue weighted by Crippen LogP contribution is 2.43. The molecule has 3 aromatic rings. The smallest absolute Gasteiger partial charge is 0.357 e. The third-order valence-electron chi connectivity index (χ3n) is 5.86. The Hall–Kier alpha value is -2.48. The van der Waals surface area contributed by atoms with Gasteiger partial charge in [-0.1, -0.05) is 81.4 Å². The monoisotopic (exact) mass is 466 g/mol. The van der Waals surface area contributed by atoms with E-state index in [1.165, 1.54) is 21.7 Å². The van der Waals surface area contributed by atoms with Gasteiger partial charge in [-0.3, -0.25) is 0 Å². The Morgan fingerprint density at radius 1 is 1.09 bits per heavy atom. The Morgan fingerprint density at radius 3 is 2.22 bits per heavy atom. The van der Waals surface area contributed by atoms with Crippen LogP contribution < -0.4 is 15.3 Å². The number of rotatable bonds is 7. The van der Waals surface area contributed by atoms with Crippen molar-refractivity contribution >= 4 is 41.9 Å². The molecule has 1 aliphatic heterocycles. The van der Waals surface area contributed by atoms with E-state index in [2.05, 4.69) is 79.2 Å². The highest BCUT2D eigenvalue weighted by molar-refractivity contribution is 7.14. The molecule has 5 nitrogen and oxygen atoms in total. The van der Waals surface area contributed by atoms with E-state index in [1.807, 2.05) is 12.1 Å². The topological polar surface area (TPSA) is 51.7 Å². The van der Waals surface area contributed by atoms with Crippen molar-refractivity contribution in [2.45, 2.75) is 33.9 Å². The maximum Gasteiger partial charge on any atom is 0.357 e. The van der Waals surface area contributed by atoms with Gasteiger partial charge in [0.2, 0.25) is 9.04 Å². The van der Waals surface area contributed by atoms with Crippen molar-refractivity contribution in [1.82, 2.24) is 4.98 Å². The zero-order chi connectivity index (χ0) is 22.7. The van der Waals surface area contributed by atoms with Crippen LogP contribution in [0.4, 0.5) is 5.13 Å². The zero-order valence-corrected chi connectivity index (χ0v) is 21.0. The second-order valence-corrected chi connectivity index (χ2v) is 12.3. The summed E-state index contributed by atoms with van der Waals surface area (Å²) in [6.07, 6.45) is -0.0896. The van der Waals surface area contributed by atoms with Gasteiger partial charge in [0.25, 0.3) is 0 Å². The standard InChI is InChI=1S/C25H30N2O3SSi/c1-5-29-23(28)21-17-31-24(26-21)27-16-20(25(2,3)4)22(27)30-32(18-12-8-6-9-13-18)19-14-10-7-11-15-19/h6-15,17,20,22,32H,5,16H2,1-4H3. The number of esters is 1. The number of thiazole rings is 1. The molecule has 0 spiro atoms. The SMILES string of the molecule is CCOC(=O)c1csc(N2CC(C(C)(C)C)C2O[SiH](c2ccccc2)c2ccccc2)n1. The number of anilines is 1. The number of hydrogen-bond acceptors (Lipinski definition) is 6. The maximum atomic E-state index is 12.1. The van der Waals surface area contributed by atoms with Crippen LogP contribution >= 0.6 is 11.3 Å². The fourth-order valence-electron chi connectivity index (χ4n) is 3.98. The number of carbonyl (C=O) groups is 1. The lowest BCUT2D eigenvalue weighted by Crippen LogP contribution is -2.65. The molecule has 0 amide bonds. The highest BCUT2D eigenvalue weighted by Gasteiger charge is 2.48. The van der Waals surface area contributed by atoms with Crippen molar-refractivity contribution < 1.29 is 14.0 Å². The average Bonchev–Trinajstić information content (AvgIpc) is 3.23. The van der Waals surface area contributed by atoms with E-state index >= 15 is 0 Å². The molecule has 1 aliphatic rings. The van der Waals surface area contributed by atoms with E-state index < -0.39 is 9.04 Å². The molecule has 32 heavy (non-hydrogen) atoms. The molecule has 2 unspecified atom stereocenters. The minimum atomic E-state index is -1.93. The van der Waals surface area contributed by atoms with E-state index in [9.17, 15) is 4.79 Å². The summed E-state index contributed by atoms with van der Waals surface area (Å²) < 4.78 is 12.1. The van der Waals surface area contributed by atoms with Gasteiger partial charge >= 0.3 is 5.97 Å². The number of benzene rings is 2. The lowest BCUT2D eigenvalue weighted by atomic mass is 9.74. The van der Waals surface area contributed by atoms with E-state index in [1.54, 1.807) is 12.3 Å². The molecule has 0 bridgehead atoms. The molecule has 0 aliphatic carbocycles. The Morgan fingerprint density at radius 2 is 1.69 bits per heavy atom. The fraction of sp³-hybridized carbons (Fsp3) is 0.360. The molecule has 1 aromatic heterocycles. The number of hydrogen-bond donors (Lipinski definition) is 0. The molecular formula is C25H30N2O3SSi. The Labute approximate surface area is 195 Å². The molecule has 0 N–H and O–H groups in total. The van der Waals surface area contributed by atoms with E-state index in [4.69, 9.17) is 9.16 Å². The summed E-state index contributed by atoms with van der Waals surface area (Å²) in [5.41, 5.74) is 0.457. The molecule has 1 saturated heterocycles. The van der Waals surface area contributed by atoms with Gasteiger partial charge in [0.1, 0.15) is 6.23 Å². The molecule has 2 aromatic carbocycles. The Balaban J connectivity index is 1.64. The molecule has 2 atom stereocenters. The predicted molar refractivity (Wildman–Crippen MR) is 133 cm³/mol. The van der Waals surface area contributed by atoms with Crippen LogP contribution in [-0.2, 0) is 9.16 Å². The molecule has 1 fully saturated rings. The third kappa shape index (κ3) is 4.80. The Bertz CT molecular complexity index is 997. The molecule has 0 saturated carbocycles. The lowest BCUT2D eigenvalue weighted by Gasteiger charge is -2.54. The third-order valence-corrected chi connectivity index (χ3v) is 9.27. The summed E-state index contributed by atoms with van der Waals surface area (Å²) in [6.45, 7) is 9.79. The van der Waals surface area contributed by atoms with Crippen molar-refractivity contribution in [2.24, 2.45) is 11.3 Å². The maximum absolute atomic E-state index is 12.1. The second-order valence-electron chi connectivity index (χ2n) is 9.09. The molecule has 2 heterocycles. The molecule has 4 rings (SSSR count). The van der Waals surface area contributed by atoms with Crippen LogP contribution in [0.2, 0.25) is 0 Å². The van der Waals surface area contributed by atoms with Crippen LogP contribution in [0.1, 0.15) is 38.2 Å². The highest BCUT2D eigenvalue weighted by atomic mass is 32.1. The second kappa shape index (κ2) is 9.56. The molecule has 7 heteroatoms. The lowest BCUT2D eigenvalue weighted by molar-refractivity contribution is 0.00489. The summed E-state index contributed by atoms with van der Waals surface area (Å²) in [6, 6.07) is 21.1. The van der Waals surface area contributed by atoms with E-state index in [0.717, 1.165) is 11.7 Å². The van der Waals surface area contributed by atoms with Gasteiger partial charge in [-0.2, -0.15) is 0 Å². The van der Waals surface area contributed by atoms with Crippen molar-refractivity contribution in [3.05, 3.63) is 71.7 Å². The van der Waals surface area contributed by atoms with Crippen LogP contribution in [0.5, 0.6) is 0 Å². The zero-order valence-electron chi connectivity index (χ0n) is 19.0. The minimum Gasteiger partial charge on any atom is -0.461 e. The average molecular weight is 467 g/mol. The summed E-state index contributed by atoms with van der Waals surface area (Å²) in [7, 11) is -1.93. The number of nitrogens with zero attached hydrogens (tertiary/aromatic N) is 2. The first kappa shape index (κ1) is 22.7. The van der Waals surface area contributed by atoms with Crippen LogP contribution in [-0.4, -0.2) is 39.4 Å². The van der Waals surface area contributed by atoms with Crippen LogP contribution in [0.25, 0.3) is 0 Å².